The first-order valence-corrected chi connectivity index (χ1v) is 9.35. The summed E-state index contributed by atoms with van der Waals surface area (Å²) in [6.07, 6.45) is 4.56. The van der Waals surface area contributed by atoms with E-state index in [-0.39, 0.29) is 18.6 Å². The standard InChI is InChI=1S/C14H23FN2OS2/c1-10-11(13-19-8-3-9-20-13)4-2-5-12(10)17-14(18)16-7-6-15/h12-13H,2-9H2,1H3,(H2,16,17,18). The number of alkyl halides is 1. The van der Waals surface area contributed by atoms with Crippen LogP contribution >= 0.6 is 23.5 Å². The molecule has 1 aliphatic carbocycles. The summed E-state index contributed by atoms with van der Waals surface area (Å²) >= 11 is 4.07. The van der Waals surface area contributed by atoms with E-state index < -0.39 is 6.67 Å². The van der Waals surface area contributed by atoms with Crippen molar-refractivity contribution in [2.24, 2.45) is 0 Å². The lowest BCUT2D eigenvalue weighted by Gasteiger charge is -2.32. The summed E-state index contributed by atoms with van der Waals surface area (Å²) in [7, 11) is 0. The zero-order chi connectivity index (χ0) is 14.4. The number of urea groups is 1. The molecule has 0 spiro atoms. The number of nitrogens with one attached hydrogen (secondary N) is 2. The van der Waals surface area contributed by atoms with Crippen molar-refractivity contribution >= 4 is 29.6 Å². The van der Waals surface area contributed by atoms with Gasteiger partial charge in [0.1, 0.15) is 6.67 Å². The Bertz CT molecular complexity index is 370. The van der Waals surface area contributed by atoms with E-state index >= 15 is 0 Å². The Kier molecular flexibility index (Phi) is 6.55. The van der Waals surface area contributed by atoms with Crippen molar-refractivity contribution in [1.82, 2.24) is 10.6 Å². The average molecular weight is 318 g/mol. The summed E-state index contributed by atoms with van der Waals surface area (Å²) in [5, 5.41) is 5.52. The van der Waals surface area contributed by atoms with Gasteiger partial charge in [0.15, 0.2) is 0 Å². The van der Waals surface area contributed by atoms with Gasteiger partial charge >= 0.3 is 6.03 Å². The molecule has 2 N–H and O–H groups in total. The molecule has 1 heterocycles. The van der Waals surface area contributed by atoms with Crippen molar-refractivity contribution in [3.05, 3.63) is 11.1 Å². The summed E-state index contributed by atoms with van der Waals surface area (Å²) in [6, 6.07) is -0.140. The molecule has 1 aliphatic heterocycles. The third-order valence-corrected chi connectivity index (χ3v) is 6.80. The van der Waals surface area contributed by atoms with Gasteiger partial charge in [-0.15, -0.1) is 23.5 Å². The highest BCUT2D eigenvalue weighted by molar-refractivity contribution is 8.17. The maximum Gasteiger partial charge on any atom is 0.315 e. The fourth-order valence-corrected chi connectivity index (χ4v) is 5.88. The van der Waals surface area contributed by atoms with Crippen molar-refractivity contribution in [3.8, 4) is 0 Å². The molecule has 3 nitrogen and oxygen atoms in total. The van der Waals surface area contributed by atoms with Gasteiger partial charge in [-0.2, -0.15) is 0 Å². The fraction of sp³-hybridized carbons (Fsp3) is 0.786. The van der Waals surface area contributed by atoms with Crippen LogP contribution in [0.1, 0.15) is 32.6 Å². The van der Waals surface area contributed by atoms with Gasteiger partial charge in [0.05, 0.1) is 10.6 Å². The molecule has 0 radical (unpaired) electrons. The Balaban J connectivity index is 1.97. The van der Waals surface area contributed by atoms with Crippen molar-refractivity contribution < 1.29 is 9.18 Å². The molecule has 0 aromatic rings. The van der Waals surface area contributed by atoms with Crippen LogP contribution < -0.4 is 10.6 Å². The van der Waals surface area contributed by atoms with Crippen LogP contribution in [0.4, 0.5) is 9.18 Å². The second kappa shape index (κ2) is 8.17. The van der Waals surface area contributed by atoms with E-state index in [0.29, 0.717) is 4.58 Å². The van der Waals surface area contributed by atoms with Crippen LogP contribution in [0.2, 0.25) is 0 Å². The lowest BCUT2D eigenvalue weighted by molar-refractivity contribution is 0.236. The summed E-state index contributed by atoms with van der Waals surface area (Å²) in [5.74, 6) is 2.48. The maximum absolute atomic E-state index is 12.1. The number of amides is 2. The predicted octanol–water partition coefficient (Wildman–Crippen LogP) is 3.32. The number of hydrogen-bond acceptors (Lipinski definition) is 3. The Morgan fingerprint density at radius 2 is 2.10 bits per heavy atom. The molecule has 6 heteroatoms. The van der Waals surface area contributed by atoms with Gasteiger partial charge < -0.3 is 10.6 Å². The van der Waals surface area contributed by atoms with Gasteiger partial charge in [-0.25, -0.2) is 9.18 Å². The van der Waals surface area contributed by atoms with Crippen LogP contribution in [0, 0.1) is 0 Å². The SMILES string of the molecule is CC1=C(C2SCCCS2)CCCC1NC(=O)NCCF. The minimum absolute atomic E-state index is 0.0858. The molecule has 0 aromatic heterocycles. The molecule has 20 heavy (non-hydrogen) atoms. The Morgan fingerprint density at radius 1 is 1.35 bits per heavy atom. The van der Waals surface area contributed by atoms with E-state index in [0.717, 1.165) is 19.3 Å². The minimum Gasteiger partial charge on any atom is -0.336 e. The number of carbonyl (C=O) groups is 1. The van der Waals surface area contributed by atoms with Gasteiger partial charge in [0, 0.05) is 6.54 Å². The summed E-state index contributed by atoms with van der Waals surface area (Å²) in [6.45, 7) is 1.71. The molecule has 2 aliphatic rings. The second-order valence-corrected chi connectivity index (χ2v) is 7.89. The largest absolute Gasteiger partial charge is 0.336 e. The summed E-state index contributed by atoms with van der Waals surface area (Å²) < 4.78 is 12.6. The van der Waals surface area contributed by atoms with E-state index in [2.05, 4.69) is 17.6 Å². The van der Waals surface area contributed by atoms with Crippen molar-refractivity contribution in [2.45, 2.75) is 43.2 Å². The van der Waals surface area contributed by atoms with Crippen LogP contribution in [-0.2, 0) is 0 Å². The van der Waals surface area contributed by atoms with Crippen LogP contribution in [-0.4, -0.2) is 41.4 Å². The van der Waals surface area contributed by atoms with Crippen molar-refractivity contribution in [2.75, 3.05) is 24.7 Å². The number of thioether (sulfide) groups is 2. The normalized spacial score (nSPS) is 24.6. The first-order chi connectivity index (χ1) is 9.72. The Labute approximate surface area is 128 Å². The monoisotopic (exact) mass is 318 g/mol. The molecule has 0 saturated carbocycles. The van der Waals surface area contributed by atoms with Gasteiger partial charge in [-0.3, -0.25) is 0 Å². The zero-order valence-electron chi connectivity index (χ0n) is 11.9. The highest BCUT2D eigenvalue weighted by Crippen LogP contribution is 2.41. The van der Waals surface area contributed by atoms with E-state index in [4.69, 9.17) is 0 Å². The molecule has 2 rings (SSSR count). The molecule has 1 unspecified atom stereocenters. The molecule has 114 valence electrons. The Hall–Kier alpha value is -0.360. The second-order valence-electron chi connectivity index (χ2n) is 5.17. The van der Waals surface area contributed by atoms with Crippen LogP contribution in [0.3, 0.4) is 0 Å². The number of halogens is 1. The summed E-state index contributed by atoms with van der Waals surface area (Å²) in [4.78, 5) is 11.7. The van der Waals surface area contributed by atoms with Crippen LogP contribution in [0.25, 0.3) is 0 Å². The van der Waals surface area contributed by atoms with E-state index in [1.54, 1.807) is 0 Å². The van der Waals surface area contributed by atoms with Crippen molar-refractivity contribution in [1.29, 1.82) is 0 Å². The number of hydrogen-bond donors (Lipinski definition) is 2. The topological polar surface area (TPSA) is 41.1 Å². The number of rotatable bonds is 4. The zero-order valence-corrected chi connectivity index (χ0v) is 13.5. The molecule has 0 bridgehead atoms. The highest BCUT2D eigenvalue weighted by Gasteiger charge is 2.27. The van der Waals surface area contributed by atoms with Gasteiger partial charge in [0.2, 0.25) is 0 Å². The molecule has 1 saturated heterocycles. The lowest BCUT2D eigenvalue weighted by Crippen LogP contribution is -2.44. The summed E-state index contributed by atoms with van der Waals surface area (Å²) in [5.41, 5.74) is 2.83. The molecular formula is C14H23FN2OS2. The number of carbonyl (C=O) groups excluding carboxylic acids is 1. The molecule has 2 amide bonds. The van der Waals surface area contributed by atoms with Gasteiger partial charge in [-0.1, -0.05) is 0 Å². The minimum atomic E-state index is -0.520. The average Bonchev–Trinajstić information content (AvgIpc) is 2.48. The highest BCUT2D eigenvalue weighted by atomic mass is 32.2. The molecular weight excluding hydrogens is 295 g/mol. The van der Waals surface area contributed by atoms with Gasteiger partial charge in [0.25, 0.3) is 0 Å². The lowest BCUT2D eigenvalue weighted by atomic mass is 9.89. The van der Waals surface area contributed by atoms with Crippen LogP contribution in [0.15, 0.2) is 11.1 Å². The van der Waals surface area contributed by atoms with E-state index in [1.807, 2.05) is 23.5 Å². The smallest absolute Gasteiger partial charge is 0.315 e. The first-order valence-electron chi connectivity index (χ1n) is 7.25. The maximum atomic E-state index is 12.1. The van der Waals surface area contributed by atoms with E-state index in [1.165, 1.54) is 29.1 Å². The third kappa shape index (κ3) is 4.32. The fourth-order valence-electron chi connectivity index (χ4n) is 2.68. The van der Waals surface area contributed by atoms with Gasteiger partial charge in [-0.05, 0) is 55.3 Å². The molecule has 1 fully saturated rings. The first kappa shape index (κ1) is 16.0. The molecule has 1 atom stereocenters. The predicted molar refractivity (Wildman–Crippen MR) is 86.2 cm³/mol. The third-order valence-electron chi connectivity index (χ3n) is 3.77. The van der Waals surface area contributed by atoms with Crippen molar-refractivity contribution in [3.63, 3.8) is 0 Å². The quantitative estimate of drug-likeness (QED) is 0.781. The molecule has 0 aromatic carbocycles. The van der Waals surface area contributed by atoms with Crippen LogP contribution in [0.5, 0.6) is 0 Å². The Morgan fingerprint density at radius 3 is 2.80 bits per heavy atom. The van der Waals surface area contributed by atoms with E-state index in [9.17, 15) is 9.18 Å².